The molecule has 17 heavy (non-hydrogen) atoms. The molecule has 0 radical (unpaired) electrons. The molecule has 0 amide bonds. The van der Waals surface area contributed by atoms with Crippen molar-refractivity contribution in [3.05, 3.63) is 41.7 Å². The molecular formula is C14H18N2S. The Morgan fingerprint density at radius 3 is 2.35 bits per heavy atom. The van der Waals surface area contributed by atoms with Gasteiger partial charge in [-0.1, -0.05) is 31.7 Å². The Bertz CT molecular complexity index is 494. The Balaban J connectivity index is 2.42. The van der Waals surface area contributed by atoms with Crippen molar-refractivity contribution in [2.24, 2.45) is 0 Å². The number of benzene rings is 1. The molecule has 0 atom stereocenters. The van der Waals surface area contributed by atoms with Crippen molar-refractivity contribution in [3.8, 4) is 5.69 Å². The lowest BCUT2D eigenvalue weighted by molar-refractivity contribution is 0.885. The normalized spacial score (nSPS) is 11.1. The minimum absolute atomic E-state index is 0.544. The van der Waals surface area contributed by atoms with Gasteiger partial charge in [0.25, 0.3) is 0 Å². The molecule has 2 nitrogen and oxygen atoms in total. The molecular weight excluding hydrogens is 228 g/mol. The molecule has 1 heterocycles. The van der Waals surface area contributed by atoms with Crippen LogP contribution in [0.15, 0.2) is 35.7 Å². The summed E-state index contributed by atoms with van der Waals surface area (Å²) >= 11 is 1.79. The first-order valence-corrected chi connectivity index (χ1v) is 6.73. The van der Waals surface area contributed by atoms with Gasteiger partial charge in [-0.25, -0.2) is 4.98 Å². The van der Waals surface area contributed by atoms with Crippen LogP contribution in [0, 0.1) is 13.8 Å². The number of hydrogen-bond donors (Lipinski definition) is 0. The van der Waals surface area contributed by atoms with Gasteiger partial charge in [0.15, 0.2) is 5.16 Å². The fourth-order valence-electron chi connectivity index (χ4n) is 1.87. The molecule has 2 rings (SSSR count). The molecule has 90 valence electrons. The van der Waals surface area contributed by atoms with Crippen LogP contribution in [0.5, 0.6) is 0 Å². The molecule has 0 N–H and O–H groups in total. The first kappa shape index (κ1) is 12.2. The second-order valence-electron chi connectivity index (χ2n) is 4.59. The van der Waals surface area contributed by atoms with E-state index < -0.39 is 0 Å². The summed E-state index contributed by atoms with van der Waals surface area (Å²) in [7, 11) is 0. The molecule has 1 aromatic carbocycles. The van der Waals surface area contributed by atoms with Crippen LogP contribution in [0.4, 0.5) is 0 Å². The molecule has 0 spiro atoms. The van der Waals surface area contributed by atoms with Crippen molar-refractivity contribution < 1.29 is 0 Å². The second kappa shape index (κ2) is 4.96. The lowest BCUT2D eigenvalue weighted by atomic mass is 10.1. The summed E-state index contributed by atoms with van der Waals surface area (Å²) in [6.45, 7) is 8.63. The van der Waals surface area contributed by atoms with Crippen LogP contribution in [0.2, 0.25) is 0 Å². The van der Waals surface area contributed by atoms with Crippen LogP contribution in [-0.4, -0.2) is 14.8 Å². The van der Waals surface area contributed by atoms with Crippen molar-refractivity contribution in [2.45, 2.75) is 38.1 Å². The SMILES string of the molecule is Cc1cc(C)cc(-n2ccnc2SC(C)C)c1. The van der Waals surface area contributed by atoms with Crippen molar-refractivity contribution in [1.82, 2.24) is 9.55 Å². The highest BCUT2D eigenvalue weighted by molar-refractivity contribution is 7.99. The van der Waals surface area contributed by atoms with Crippen molar-refractivity contribution >= 4 is 11.8 Å². The number of aryl methyl sites for hydroxylation is 2. The summed E-state index contributed by atoms with van der Waals surface area (Å²) in [5.41, 5.74) is 3.77. The smallest absolute Gasteiger partial charge is 0.172 e. The van der Waals surface area contributed by atoms with E-state index in [0.29, 0.717) is 5.25 Å². The number of imidazole rings is 1. The highest BCUT2D eigenvalue weighted by atomic mass is 32.2. The molecule has 2 aromatic rings. The van der Waals surface area contributed by atoms with E-state index in [4.69, 9.17) is 0 Å². The van der Waals surface area contributed by atoms with Gasteiger partial charge in [0.1, 0.15) is 0 Å². The molecule has 0 aliphatic rings. The van der Waals surface area contributed by atoms with Gasteiger partial charge < -0.3 is 0 Å². The summed E-state index contributed by atoms with van der Waals surface area (Å²) in [5, 5.41) is 1.60. The minimum atomic E-state index is 0.544. The number of aromatic nitrogens is 2. The first-order valence-electron chi connectivity index (χ1n) is 5.85. The quantitative estimate of drug-likeness (QED) is 0.762. The lowest BCUT2D eigenvalue weighted by Crippen LogP contribution is -1.98. The van der Waals surface area contributed by atoms with Crippen molar-refractivity contribution in [2.75, 3.05) is 0 Å². The summed E-state index contributed by atoms with van der Waals surface area (Å²) in [6, 6.07) is 6.58. The number of rotatable bonds is 3. The van der Waals surface area contributed by atoms with Crippen LogP contribution >= 0.6 is 11.8 Å². The van der Waals surface area contributed by atoms with E-state index in [1.54, 1.807) is 11.8 Å². The molecule has 0 aliphatic carbocycles. The van der Waals surface area contributed by atoms with Gasteiger partial charge in [0.05, 0.1) is 0 Å². The Kier molecular flexibility index (Phi) is 3.57. The van der Waals surface area contributed by atoms with Crippen LogP contribution < -0.4 is 0 Å². The zero-order valence-electron chi connectivity index (χ0n) is 10.8. The zero-order valence-corrected chi connectivity index (χ0v) is 11.6. The Labute approximate surface area is 107 Å². The predicted octanol–water partition coefficient (Wildman–Crippen LogP) is 3.99. The molecule has 0 unspecified atom stereocenters. The molecule has 3 heteroatoms. The third kappa shape index (κ3) is 2.91. The van der Waals surface area contributed by atoms with E-state index >= 15 is 0 Å². The largest absolute Gasteiger partial charge is 0.295 e. The fraction of sp³-hybridized carbons (Fsp3) is 0.357. The van der Waals surface area contributed by atoms with E-state index in [0.717, 1.165) is 5.16 Å². The highest BCUT2D eigenvalue weighted by Gasteiger charge is 2.08. The Morgan fingerprint density at radius 1 is 1.12 bits per heavy atom. The maximum absolute atomic E-state index is 4.42. The summed E-state index contributed by atoms with van der Waals surface area (Å²) in [5.74, 6) is 0. The van der Waals surface area contributed by atoms with Gasteiger partial charge >= 0.3 is 0 Å². The van der Waals surface area contributed by atoms with E-state index in [9.17, 15) is 0 Å². The number of thioether (sulfide) groups is 1. The molecule has 0 saturated heterocycles. The van der Waals surface area contributed by atoms with Crippen LogP contribution in [0.25, 0.3) is 5.69 Å². The van der Waals surface area contributed by atoms with E-state index in [1.165, 1.54) is 16.8 Å². The maximum Gasteiger partial charge on any atom is 0.172 e. The third-order valence-electron chi connectivity index (χ3n) is 2.43. The van der Waals surface area contributed by atoms with Gasteiger partial charge in [-0.15, -0.1) is 0 Å². The van der Waals surface area contributed by atoms with Gasteiger partial charge in [0, 0.05) is 23.3 Å². The van der Waals surface area contributed by atoms with Crippen LogP contribution in [0.3, 0.4) is 0 Å². The van der Waals surface area contributed by atoms with Crippen molar-refractivity contribution in [3.63, 3.8) is 0 Å². The molecule has 0 fully saturated rings. The van der Waals surface area contributed by atoms with Gasteiger partial charge in [-0.05, 0) is 37.1 Å². The van der Waals surface area contributed by atoms with E-state index in [-0.39, 0.29) is 0 Å². The second-order valence-corrected chi connectivity index (χ2v) is 6.14. The monoisotopic (exact) mass is 246 g/mol. The molecule has 0 bridgehead atoms. The average molecular weight is 246 g/mol. The third-order valence-corrected chi connectivity index (χ3v) is 3.42. The predicted molar refractivity (Wildman–Crippen MR) is 74.0 cm³/mol. The van der Waals surface area contributed by atoms with E-state index in [1.807, 2.05) is 12.4 Å². The molecule has 0 saturated carbocycles. The summed E-state index contributed by atoms with van der Waals surface area (Å²) < 4.78 is 2.16. The Morgan fingerprint density at radius 2 is 1.76 bits per heavy atom. The van der Waals surface area contributed by atoms with Crippen molar-refractivity contribution in [1.29, 1.82) is 0 Å². The van der Waals surface area contributed by atoms with Gasteiger partial charge in [0.2, 0.25) is 0 Å². The van der Waals surface area contributed by atoms with Gasteiger partial charge in [-0.3, -0.25) is 4.57 Å². The highest BCUT2D eigenvalue weighted by Crippen LogP contribution is 2.24. The average Bonchev–Trinajstić information content (AvgIpc) is 2.63. The minimum Gasteiger partial charge on any atom is -0.295 e. The van der Waals surface area contributed by atoms with Gasteiger partial charge in [-0.2, -0.15) is 0 Å². The fourth-order valence-corrected chi connectivity index (χ4v) is 2.70. The molecule has 0 aliphatic heterocycles. The molecule has 1 aromatic heterocycles. The standard InChI is InChI=1S/C14H18N2S/c1-10(2)17-14-15-5-6-16(14)13-8-11(3)7-12(4)9-13/h5-10H,1-4H3. The summed E-state index contributed by atoms with van der Waals surface area (Å²) in [6.07, 6.45) is 3.89. The van der Waals surface area contributed by atoms with E-state index in [2.05, 4.69) is 55.4 Å². The summed E-state index contributed by atoms with van der Waals surface area (Å²) in [4.78, 5) is 4.42. The van der Waals surface area contributed by atoms with Crippen LogP contribution in [-0.2, 0) is 0 Å². The zero-order chi connectivity index (χ0) is 12.4. The maximum atomic E-state index is 4.42. The number of hydrogen-bond acceptors (Lipinski definition) is 2. The number of nitrogens with zero attached hydrogens (tertiary/aromatic N) is 2. The first-order chi connectivity index (χ1) is 8.06. The lowest BCUT2D eigenvalue weighted by Gasteiger charge is -2.10. The Hall–Kier alpha value is -1.22. The topological polar surface area (TPSA) is 17.8 Å². The van der Waals surface area contributed by atoms with Crippen LogP contribution in [0.1, 0.15) is 25.0 Å².